The summed E-state index contributed by atoms with van der Waals surface area (Å²) in [6.07, 6.45) is 3.34. The second-order valence-corrected chi connectivity index (χ2v) is 6.37. The Balaban J connectivity index is 1.52. The van der Waals surface area contributed by atoms with Gasteiger partial charge in [-0.15, -0.1) is 0 Å². The van der Waals surface area contributed by atoms with Gasteiger partial charge >= 0.3 is 0 Å². The molecule has 1 aliphatic rings. The number of hydrogen-bond acceptors (Lipinski definition) is 4. The largest absolute Gasteiger partial charge is 0.378 e. The van der Waals surface area contributed by atoms with Crippen molar-refractivity contribution in [1.29, 1.82) is 0 Å². The predicted octanol–water partition coefficient (Wildman–Crippen LogP) is 2.11. The summed E-state index contributed by atoms with van der Waals surface area (Å²) in [6.45, 7) is 4.30. The van der Waals surface area contributed by atoms with Gasteiger partial charge in [0.2, 0.25) is 0 Å². The highest BCUT2D eigenvalue weighted by molar-refractivity contribution is 5.94. The van der Waals surface area contributed by atoms with Crippen molar-refractivity contribution in [2.75, 3.05) is 45.2 Å². The fourth-order valence-corrected chi connectivity index (χ4v) is 2.94. The van der Waals surface area contributed by atoms with Crippen LogP contribution in [0.1, 0.15) is 15.9 Å². The van der Waals surface area contributed by atoms with Crippen molar-refractivity contribution in [1.82, 2.24) is 14.8 Å². The Morgan fingerprint density at radius 3 is 2.21 bits per heavy atom. The SMILES string of the molecule is CN(C)c1ccc(CN2CCN(C(=O)c3ccncc3)CC2)cc1. The molecule has 2 heterocycles. The van der Waals surface area contributed by atoms with Crippen LogP contribution in [0.15, 0.2) is 48.8 Å². The van der Waals surface area contributed by atoms with Gasteiger partial charge in [0.15, 0.2) is 0 Å². The molecule has 0 unspecified atom stereocenters. The number of rotatable bonds is 4. The van der Waals surface area contributed by atoms with Crippen LogP contribution >= 0.6 is 0 Å². The van der Waals surface area contributed by atoms with Crippen LogP contribution in [0.25, 0.3) is 0 Å². The minimum atomic E-state index is 0.104. The summed E-state index contributed by atoms with van der Waals surface area (Å²) in [4.78, 5) is 22.8. The van der Waals surface area contributed by atoms with E-state index in [0.717, 1.165) is 38.3 Å². The van der Waals surface area contributed by atoms with Crippen molar-refractivity contribution >= 4 is 11.6 Å². The van der Waals surface area contributed by atoms with Crippen LogP contribution in [0.5, 0.6) is 0 Å². The van der Waals surface area contributed by atoms with Crippen LogP contribution < -0.4 is 4.90 Å². The lowest BCUT2D eigenvalue weighted by Crippen LogP contribution is -2.48. The average Bonchev–Trinajstić information content (AvgIpc) is 2.63. The second-order valence-electron chi connectivity index (χ2n) is 6.37. The minimum absolute atomic E-state index is 0.104. The maximum absolute atomic E-state index is 12.4. The number of carbonyl (C=O) groups excluding carboxylic acids is 1. The number of hydrogen-bond donors (Lipinski definition) is 0. The highest BCUT2D eigenvalue weighted by Crippen LogP contribution is 2.15. The molecule has 0 N–H and O–H groups in total. The molecule has 1 aliphatic heterocycles. The lowest BCUT2D eigenvalue weighted by molar-refractivity contribution is 0.0628. The van der Waals surface area contributed by atoms with Crippen LogP contribution in [0.4, 0.5) is 5.69 Å². The summed E-state index contributed by atoms with van der Waals surface area (Å²) in [7, 11) is 4.10. The molecule has 0 spiro atoms. The quantitative estimate of drug-likeness (QED) is 0.863. The third kappa shape index (κ3) is 3.92. The Morgan fingerprint density at radius 1 is 1.00 bits per heavy atom. The van der Waals surface area contributed by atoms with Crippen molar-refractivity contribution in [3.8, 4) is 0 Å². The van der Waals surface area contributed by atoms with Crippen LogP contribution in [0, 0.1) is 0 Å². The molecular weight excluding hydrogens is 300 g/mol. The van der Waals surface area contributed by atoms with E-state index >= 15 is 0 Å². The molecule has 24 heavy (non-hydrogen) atoms. The summed E-state index contributed by atoms with van der Waals surface area (Å²) >= 11 is 0. The number of piperazine rings is 1. The Bertz CT molecular complexity index is 662. The minimum Gasteiger partial charge on any atom is -0.378 e. The van der Waals surface area contributed by atoms with Crippen LogP contribution in [-0.4, -0.2) is 61.0 Å². The number of pyridine rings is 1. The van der Waals surface area contributed by atoms with Gasteiger partial charge in [-0.05, 0) is 29.8 Å². The van der Waals surface area contributed by atoms with Gasteiger partial charge in [0.05, 0.1) is 0 Å². The van der Waals surface area contributed by atoms with Gasteiger partial charge in [0.25, 0.3) is 5.91 Å². The molecule has 5 heteroatoms. The molecule has 0 radical (unpaired) electrons. The number of carbonyl (C=O) groups is 1. The fourth-order valence-electron chi connectivity index (χ4n) is 2.94. The molecule has 1 saturated heterocycles. The molecule has 0 aliphatic carbocycles. The predicted molar refractivity (Wildman–Crippen MR) is 96.2 cm³/mol. The van der Waals surface area contributed by atoms with Gasteiger partial charge in [-0.3, -0.25) is 14.7 Å². The third-order valence-electron chi connectivity index (χ3n) is 4.45. The van der Waals surface area contributed by atoms with Crippen molar-refractivity contribution in [3.63, 3.8) is 0 Å². The topological polar surface area (TPSA) is 39.7 Å². The maximum Gasteiger partial charge on any atom is 0.254 e. The summed E-state index contributed by atoms with van der Waals surface area (Å²) in [5.74, 6) is 0.104. The Kier molecular flexibility index (Phi) is 5.11. The van der Waals surface area contributed by atoms with Gasteiger partial charge in [0, 0.05) is 70.5 Å². The molecule has 0 bridgehead atoms. The third-order valence-corrected chi connectivity index (χ3v) is 4.45. The van der Waals surface area contributed by atoms with Crippen LogP contribution in [0.2, 0.25) is 0 Å². The number of aromatic nitrogens is 1. The first-order chi connectivity index (χ1) is 11.6. The summed E-state index contributed by atoms with van der Waals surface area (Å²) < 4.78 is 0. The monoisotopic (exact) mass is 324 g/mol. The summed E-state index contributed by atoms with van der Waals surface area (Å²) in [5, 5.41) is 0. The lowest BCUT2D eigenvalue weighted by Gasteiger charge is -2.34. The molecule has 1 fully saturated rings. The van der Waals surface area contributed by atoms with Crippen LogP contribution in [0.3, 0.4) is 0 Å². The highest BCUT2D eigenvalue weighted by Gasteiger charge is 2.22. The zero-order chi connectivity index (χ0) is 16.9. The van der Waals surface area contributed by atoms with E-state index in [1.165, 1.54) is 11.3 Å². The van der Waals surface area contributed by atoms with Gasteiger partial charge in [0.1, 0.15) is 0 Å². The molecule has 1 amide bonds. The van der Waals surface area contributed by atoms with E-state index in [1.54, 1.807) is 24.5 Å². The molecule has 0 atom stereocenters. The van der Waals surface area contributed by atoms with E-state index in [1.807, 2.05) is 19.0 Å². The molecule has 2 aromatic rings. The van der Waals surface area contributed by atoms with Crippen LogP contribution in [-0.2, 0) is 6.54 Å². The van der Waals surface area contributed by atoms with E-state index in [4.69, 9.17) is 0 Å². The van der Waals surface area contributed by atoms with E-state index in [-0.39, 0.29) is 5.91 Å². The number of anilines is 1. The first-order valence-electron chi connectivity index (χ1n) is 8.31. The van der Waals surface area contributed by atoms with Crippen molar-refractivity contribution in [2.24, 2.45) is 0 Å². The van der Waals surface area contributed by atoms with E-state index in [2.05, 4.69) is 39.0 Å². The molecule has 126 valence electrons. The van der Waals surface area contributed by atoms with Gasteiger partial charge < -0.3 is 9.80 Å². The Morgan fingerprint density at radius 2 is 1.62 bits per heavy atom. The molecule has 3 rings (SSSR count). The number of benzene rings is 1. The smallest absolute Gasteiger partial charge is 0.254 e. The van der Waals surface area contributed by atoms with Crippen molar-refractivity contribution < 1.29 is 4.79 Å². The molecule has 0 saturated carbocycles. The van der Waals surface area contributed by atoms with Gasteiger partial charge in [-0.2, -0.15) is 0 Å². The first kappa shape index (κ1) is 16.5. The van der Waals surface area contributed by atoms with E-state index in [9.17, 15) is 4.79 Å². The molecule has 1 aromatic carbocycles. The summed E-state index contributed by atoms with van der Waals surface area (Å²) in [6, 6.07) is 12.2. The standard InChI is InChI=1S/C19H24N4O/c1-21(2)18-5-3-16(4-6-18)15-22-11-13-23(14-12-22)19(24)17-7-9-20-10-8-17/h3-10H,11-15H2,1-2H3. The zero-order valence-corrected chi connectivity index (χ0v) is 14.4. The van der Waals surface area contributed by atoms with E-state index in [0.29, 0.717) is 0 Å². The summed E-state index contributed by atoms with van der Waals surface area (Å²) in [5.41, 5.74) is 3.25. The zero-order valence-electron chi connectivity index (χ0n) is 14.4. The van der Waals surface area contributed by atoms with Crippen molar-refractivity contribution in [3.05, 3.63) is 59.9 Å². The highest BCUT2D eigenvalue weighted by atomic mass is 16.2. The first-order valence-corrected chi connectivity index (χ1v) is 8.31. The number of nitrogens with zero attached hydrogens (tertiary/aromatic N) is 4. The Hall–Kier alpha value is -2.40. The second kappa shape index (κ2) is 7.45. The lowest BCUT2D eigenvalue weighted by atomic mass is 10.1. The molecule has 5 nitrogen and oxygen atoms in total. The number of amides is 1. The molecular formula is C19H24N4O. The van der Waals surface area contributed by atoms with Crippen molar-refractivity contribution in [2.45, 2.75) is 6.54 Å². The van der Waals surface area contributed by atoms with Gasteiger partial charge in [-0.1, -0.05) is 12.1 Å². The van der Waals surface area contributed by atoms with E-state index < -0.39 is 0 Å². The molecule has 1 aromatic heterocycles. The normalized spacial score (nSPS) is 15.3. The fraction of sp³-hybridized carbons (Fsp3) is 0.368. The van der Waals surface area contributed by atoms with Gasteiger partial charge in [-0.25, -0.2) is 0 Å². The average molecular weight is 324 g/mol. The Labute approximate surface area is 143 Å². The maximum atomic E-state index is 12.4.